The standard InChI is InChI=1S/C15H16N6O/c1-11(19-15-17-8-7-14(20-15)22-2)12-3-5-13(6-4-12)21-10-16-9-18-21/h3-11H,1-2H3,(H,17,19,20)/t11-/m1/s1. The lowest BCUT2D eigenvalue weighted by molar-refractivity contribution is 0.397. The first-order valence-corrected chi connectivity index (χ1v) is 6.85. The van der Waals surface area contributed by atoms with Crippen LogP contribution >= 0.6 is 0 Å². The maximum atomic E-state index is 5.09. The fraction of sp³-hybridized carbons (Fsp3) is 0.200. The molecule has 0 radical (unpaired) electrons. The zero-order chi connectivity index (χ0) is 15.4. The van der Waals surface area contributed by atoms with Crippen molar-refractivity contribution in [3.05, 3.63) is 54.7 Å². The molecule has 0 saturated carbocycles. The molecule has 3 rings (SSSR count). The van der Waals surface area contributed by atoms with Gasteiger partial charge in [-0.15, -0.1) is 0 Å². The molecule has 2 heterocycles. The van der Waals surface area contributed by atoms with Gasteiger partial charge >= 0.3 is 0 Å². The van der Waals surface area contributed by atoms with Gasteiger partial charge < -0.3 is 10.1 Å². The highest BCUT2D eigenvalue weighted by atomic mass is 16.5. The molecule has 0 fully saturated rings. The fourth-order valence-corrected chi connectivity index (χ4v) is 2.06. The number of methoxy groups -OCH3 is 1. The smallest absolute Gasteiger partial charge is 0.226 e. The van der Waals surface area contributed by atoms with Crippen molar-refractivity contribution in [3.8, 4) is 11.6 Å². The van der Waals surface area contributed by atoms with Gasteiger partial charge in [0.2, 0.25) is 11.8 Å². The van der Waals surface area contributed by atoms with Crippen molar-refractivity contribution in [2.24, 2.45) is 0 Å². The van der Waals surface area contributed by atoms with Crippen molar-refractivity contribution < 1.29 is 4.74 Å². The van der Waals surface area contributed by atoms with Crippen LogP contribution in [-0.2, 0) is 0 Å². The number of ether oxygens (including phenoxy) is 1. The Labute approximate surface area is 128 Å². The molecule has 7 nitrogen and oxygen atoms in total. The van der Waals surface area contributed by atoms with Gasteiger partial charge in [0.05, 0.1) is 18.8 Å². The van der Waals surface area contributed by atoms with Crippen LogP contribution in [-0.4, -0.2) is 31.8 Å². The predicted octanol–water partition coefficient (Wildman–Crippen LogP) is 2.24. The number of nitrogens with zero attached hydrogens (tertiary/aromatic N) is 5. The largest absolute Gasteiger partial charge is 0.481 e. The SMILES string of the molecule is COc1ccnc(N[C@H](C)c2ccc(-n3cncn3)cc2)n1. The van der Waals surface area contributed by atoms with Crippen molar-refractivity contribution in [2.75, 3.05) is 12.4 Å². The van der Waals surface area contributed by atoms with Crippen LogP contribution in [0.4, 0.5) is 5.95 Å². The molecule has 0 unspecified atom stereocenters. The molecule has 0 bridgehead atoms. The summed E-state index contributed by atoms with van der Waals surface area (Å²) in [6.45, 7) is 2.05. The van der Waals surface area contributed by atoms with E-state index in [4.69, 9.17) is 4.74 Å². The van der Waals surface area contributed by atoms with Crippen LogP contribution in [0, 0.1) is 0 Å². The third-order valence-electron chi connectivity index (χ3n) is 3.26. The average molecular weight is 296 g/mol. The van der Waals surface area contributed by atoms with Crippen molar-refractivity contribution in [3.63, 3.8) is 0 Å². The molecule has 1 atom stereocenters. The second kappa shape index (κ2) is 6.21. The minimum atomic E-state index is 0.0666. The van der Waals surface area contributed by atoms with E-state index in [2.05, 4.69) is 25.4 Å². The molecular weight excluding hydrogens is 280 g/mol. The van der Waals surface area contributed by atoms with Crippen molar-refractivity contribution >= 4 is 5.95 Å². The highest BCUT2D eigenvalue weighted by Crippen LogP contribution is 2.19. The quantitative estimate of drug-likeness (QED) is 0.778. The van der Waals surface area contributed by atoms with Crippen molar-refractivity contribution in [1.82, 2.24) is 24.7 Å². The lowest BCUT2D eigenvalue weighted by atomic mass is 10.1. The van der Waals surface area contributed by atoms with Crippen molar-refractivity contribution in [2.45, 2.75) is 13.0 Å². The number of rotatable bonds is 5. The number of hydrogen-bond acceptors (Lipinski definition) is 6. The molecular formula is C15H16N6O. The Morgan fingerprint density at radius 1 is 1.18 bits per heavy atom. The van der Waals surface area contributed by atoms with E-state index < -0.39 is 0 Å². The van der Waals surface area contributed by atoms with E-state index in [-0.39, 0.29) is 6.04 Å². The summed E-state index contributed by atoms with van der Waals surface area (Å²) in [7, 11) is 1.58. The third-order valence-corrected chi connectivity index (χ3v) is 3.26. The summed E-state index contributed by atoms with van der Waals surface area (Å²) in [4.78, 5) is 12.4. The minimum absolute atomic E-state index is 0.0666. The first-order valence-electron chi connectivity index (χ1n) is 6.85. The average Bonchev–Trinajstić information content (AvgIpc) is 3.09. The van der Waals surface area contributed by atoms with E-state index in [1.165, 1.54) is 6.33 Å². The van der Waals surface area contributed by atoms with Gasteiger partial charge in [0.25, 0.3) is 0 Å². The second-order valence-corrected chi connectivity index (χ2v) is 4.72. The molecule has 0 spiro atoms. The highest BCUT2D eigenvalue weighted by Gasteiger charge is 2.08. The Balaban J connectivity index is 1.73. The summed E-state index contributed by atoms with van der Waals surface area (Å²) < 4.78 is 6.81. The lowest BCUT2D eigenvalue weighted by Gasteiger charge is -2.15. The van der Waals surface area contributed by atoms with Gasteiger partial charge in [-0.1, -0.05) is 12.1 Å². The van der Waals surface area contributed by atoms with Crippen LogP contribution in [0.25, 0.3) is 5.69 Å². The number of hydrogen-bond donors (Lipinski definition) is 1. The van der Waals surface area contributed by atoms with Crippen LogP contribution in [0.3, 0.4) is 0 Å². The maximum Gasteiger partial charge on any atom is 0.226 e. The maximum absolute atomic E-state index is 5.09. The molecule has 0 aliphatic rings. The monoisotopic (exact) mass is 296 g/mol. The van der Waals surface area contributed by atoms with E-state index in [0.717, 1.165) is 11.3 Å². The summed E-state index contributed by atoms with van der Waals surface area (Å²) in [5.41, 5.74) is 2.08. The highest BCUT2D eigenvalue weighted by molar-refractivity contribution is 5.38. The molecule has 2 aromatic heterocycles. The topological polar surface area (TPSA) is 77.8 Å². The summed E-state index contributed by atoms with van der Waals surface area (Å²) in [5, 5.41) is 7.35. The Kier molecular flexibility index (Phi) is 3.95. The molecule has 0 amide bonds. The molecule has 0 saturated heterocycles. The molecule has 3 aromatic rings. The third kappa shape index (κ3) is 3.03. The van der Waals surface area contributed by atoms with Gasteiger partial charge in [-0.2, -0.15) is 10.1 Å². The molecule has 1 N–H and O–H groups in total. The summed E-state index contributed by atoms with van der Waals surface area (Å²) in [6.07, 6.45) is 4.84. The lowest BCUT2D eigenvalue weighted by Crippen LogP contribution is -2.09. The zero-order valence-electron chi connectivity index (χ0n) is 12.3. The van der Waals surface area contributed by atoms with Gasteiger partial charge in [-0.05, 0) is 24.6 Å². The normalized spacial score (nSPS) is 11.9. The first-order chi connectivity index (χ1) is 10.8. The number of anilines is 1. The van der Waals surface area contributed by atoms with E-state index in [9.17, 15) is 0 Å². The summed E-state index contributed by atoms with van der Waals surface area (Å²) in [5.74, 6) is 1.07. The number of aromatic nitrogens is 5. The second-order valence-electron chi connectivity index (χ2n) is 4.72. The van der Waals surface area contributed by atoms with Crippen LogP contribution in [0.15, 0.2) is 49.2 Å². The Morgan fingerprint density at radius 3 is 2.68 bits per heavy atom. The Hall–Kier alpha value is -2.96. The first kappa shape index (κ1) is 14.0. The molecule has 112 valence electrons. The van der Waals surface area contributed by atoms with Crippen LogP contribution in [0.2, 0.25) is 0 Å². The number of benzene rings is 1. The van der Waals surface area contributed by atoms with Gasteiger partial charge in [-0.3, -0.25) is 0 Å². The summed E-state index contributed by atoms with van der Waals surface area (Å²) in [6, 6.07) is 9.84. The van der Waals surface area contributed by atoms with Gasteiger partial charge in [-0.25, -0.2) is 14.6 Å². The van der Waals surface area contributed by atoms with E-state index in [1.807, 2.05) is 31.2 Å². The Bertz CT molecular complexity index is 726. The van der Waals surface area contributed by atoms with E-state index in [1.54, 1.807) is 30.4 Å². The fourth-order valence-electron chi connectivity index (χ4n) is 2.06. The van der Waals surface area contributed by atoms with Crippen molar-refractivity contribution in [1.29, 1.82) is 0 Å². The van der Waals surface area contributed by atoms with Gasteiger partial charge in [0.1, 0.15) is 12.7 Å². The Morgan fingerprint density at radius 2 is 2.00 bits per heavy atom. The predicted molar refractivity (Wildman–Crippen MR) is 82.0 cm³/mol. The van der Waals surface area contributed by atoms with E-state index in [0.29, 0.717) is 11.8 Å². The molecule has 7 heteroatoms. The molecule has 1 aromatic carbocycles. The zero-order valence-corrected chi connectivity index (χ0v) is 12.3. The molecule has 22 heavy (non-hydrogen) atoms. The molecule has 0 aliphatic heterocycles. The number of nitrogens with one attached hydrogen (secondary N) is 1. The van der Waals surface area contributed by atoms with Gasteiger partial charge in [0, 0.05) is 12.3 Å². The minimum Gasteiger partial charge on any atom is -0.481 e. The van der Waals surface area contributed by atoms with Crippen LogP contribution in [0.1, 0.15) is 18.5 Å². The van der Waals surface area contributed by atoms with Crippen LogP contribution in [0.5, 0.6) is 5.88 Å². The summed E-state index contributed by atoms with van der Waals surface area (Å²) >= 11 is 0. The van der Waals surface area contributed by atoms with Gasteiger partial charge in [0.15, 0.2) is 0 Å². The molecule has 0 aliphatic carbocycles. The van der Waals surface area contributed by atoms with Crippen LogP contribution < -0.4 is 10.1 Å². The van der Waals surface area contributed by atoms with E-state index >= 15 is 0 Å².